The van der Waals surface area contributed by atoms with Crippen molar-refractivity contribution in [1.82, 2.24) is 23.9 Å². The smallest absolute Gasteiger partial charge is 0.454 e. The molecule has 10 rings (SSSR count). The highest BCUT2D eigenvalue weighted by Gasteiger charge is 2.36. The molecular formula is C45H45N6O9P. The van der Waals surface area contributed by atoms with Gasteiger partial charge in [0.2, 0.25) is 6.79 Å². The standard InChI is InChI=1S/C45H45N6O9P/c1-47-15-14-30-21-33(24-46-43(30)47)51(32-10-12-35(13-11-32)60-61(54,55)56)45(53)38-27-50(39-9-5-4-8-36(38)39)40-23-42-41(58-28-59-42)22-37(40)44(52)49-25-31-7-3-2-6-29(31)20-34(49)26-48-16-18-57-19-17-48/h2-3,6-7,10-15,21-24,27,34H,4-5,8-9,16-20,25-26,28H2,1H3,(H2,54,55,56)/t34-/m0/s1. The number of ether oxygens (including phenoxy) is 3. The van der Waals surface area contributed by atoms with Crippen LogP contribution in [0.1, 0.15) is 55.9 Å². The molecule has 4 aliphatic rings. The molecule has 16 heteroatoms. The van der Waals surface area contributed by atoms with E-state index in [4.69, 9.17) is 23.7 Å². The second-order valence-electron chi connectivity index (χ2n) is 16.0. The fourth-order valence-electron chi connectivity index (χ4n) is 9.22. The molecule has 3 aliphatic heterocycles. The first kappa shape index (κ1) is 39.2. The van der Waals surface area contributed by atoms with Gasteiger partial charge in [-0.05, 0) is 91.3 Å². The molecule has 0 saturated carbocycles. The largest absolute Gasteiger partial charge is 0.524 e. The van der Waals surface area contributed by atoms with E-state index in [-0.39, 0.29) is 30.4 Å². The summed E-state index contributed by atoms with van der Waals surface area (Å²) in [6.45, 7) is 4.13. The Morgan fingerprint density at radius 3 is 2.46 bits per heavy atom. The summed E-state index contributed by atoms with van der Waals surface area (Å²) in [6.07, 6.45) is 9.24. The molecule has 3 aromatic carbocycles. The molecule has 6 aromatic rings. The van der Waals surface area contributed by atoms with Crippen LogP contribution in [0.4, 0.5) is 11.4 Å². The average molecular weight is 845 g/mol. The number of amides is 2. The van der Waals surface area contributed by atoms with Gasteiger partial charge in [-0.1, -0.05) is 24.3 Å². The fraction of sp³-hybridized carbons (Fsp3) is 0.311. The van der Waals surface area contributed by atoms with Crippen molar-refractivity contribution in [2.24, 2.45) is 7.05 Å². The molecule has 1 aliphatic carbocycles. The van der Waals surface area contributed by atoms with Gasteiger partial charge >= 0.3 is 7.82 Å². The van der Waals surface area contributed by atoms with Crippen LogP contribution < -0.4 is 18.9 Å². The number of rotatable bonds is 9. The highest BCUT2D eigenvalue weighted by Crippen LogP contribution is 2.42. The monoisotopic (exact) mass is 844 g/mol. The number of phosphoric acid groups is 1. The normalized spacial score (nSPS) is 17.6. The summed E-state index contributed by atoms with van der Waals surface area (Å²) in [5.74, 6) is 0.507. The third-order valence-corrected chi connectivity index (χ3v) is 12.6. The second-order valence-corrected chi connectivity index (χ2v) is 17.2. The van der Waals surface area contributed by atoms with Crippen LogP contribution in [0.3, 0.4) is 0 Å². The van der Waals surface area contributed by atoms with Gasteiger partial charge in [0.1, 0.15) is 11.4 Å². The molecule has 2 N–H and O–H groups in total. The van der Waals surface area contributed by atoms with Crippen LogP contribution in [0.2, 0.25) is 0 Å². The van der Waals surface area contributed by atoms with Gasteiger partial charge in [-0.3, -0.25) is 29.2 Å². The Morgan fingerprint density at radius 1 is 0.918 bits per heavy atom. The third-order valence-electron chi connectivity index (χ3n) is 12.2. The Hall–Kier alpha value is -5.96. The highest BCUT2D eigenvalue weighted by molar-refractivity contribution is 7.46. The summed E-state index contributed by atoms with van der Waals surface area (Å²) in [5, 5.41) is 0.828. The van der Waals surface area contributed by atoms with Gasteiger partial charge in [-0.25, -0.2) is 9.55 Å². The minimum atomic E-state index is -4.81. The van der Waals surface area contributed by atoms with E-state index in [9.17, 15) is 14.4 Å². The van der Waals surface area contributed by atoms with Crippen LogP contribution in [0.5, 0.6) is 17.2 Å². The van der Waals surface area contributed by atoms with Crippen molar-refractivity contribution < 1.29 is 42.7 Å². The van der Waals surface area contributed by atoms with Crippen molar-refractivity contribution >= 4 is 42.0 Å². The van der Waals surface area contributed by atoms with Crippen LogP contribution >= 0.6 is 7.82 Å². The minimum absolute atomic E-state index is 0.0312. The Balaban J connectivity index is 1.08. The van der Waals surface area contributed by atoms with Crippen LogP contribution in [0.25, 0.3) is 16.7 Å². The number of nitrogens with zero attached hydrogens (tertiary/aromatic N) is 6. The highest BCUT2D eigenvalue weighted by atomic mass is 31.2. The van der Waals surface area contributed by atoms with Crippen LogP contribution in [-0.4, -0.2) is 91.2 Å². The molecule has 1 atom stereocenters. The van der Waals surface area contributed by atoms with Gasteiger partial charge in [0.15, 0.2) is 11.5 Å². The summed E-state index contributed by atoms with van der Waals surface area (Å²) in [4.78, 5) is 60.1. The maximum Gasteiger partial charge on any atom is 0.524 e. The van der Waals surface area contributed by atoms with E-state index >= 15 is 9.59 Å². The maximum atomic E-state index is 15.3. The number of phosphoric ester groups is 1. The van der Waals surface area contributed by atoms with Gasteiger partial charge in [0.25, 0.3) is 11.8 Å². The first-order valence-electron chi connectivity index (χ1n) is 20.5. The van der Waals surface area contributed by atoms with Crippen molar-refractivity contribution in [2.45, 2.75) is 44.7 Å². The van der Waals surface area contributed by atoms with Crippen molar-refractivity contribution in [3.63, 3.8) is 0 Å². The number of hydrogen-bond acceptors (Lipinski definition) is 9. The molecule has 3 aromatic heterocycles. The second kappa shape index (κ2) is 15.8. The zero-order valence-electron chi connectivity index (χ0n) is 33.6. The van der Waals surface area contributed by atoms with Crippen molar-refractivity contribution in [3.8, 4) is 22.9 Å². The number of carbonyl (C=O) groups is 2. The van der Waals surface area contributed by atoms with E-state index in [0.717, 1.165) is 60.2 Å². The van der Waals surface area contributed by atoms with Gasteiger partial charge in [0, 0.05) is 74.5 Å². The Bertz CT molecular complexity index is 2720. The molecule has 0 spiro atoms. The third kappa shape index (κ3) is 7.57. The van der Waals surface area contributed by atoms with Gasteiger partial charge in [-0.15, -0.1) is 0 Å². The molecule has 0 radical (unpaired) electrons. The minimum Gasteiger partial charge on any atom is -0.454 e. The lowest BCUT2D eigenvalue weighted by molar-refractivity contribution is 0.0192. The van der Waals surface area contributed by atoms with Crippen LogP contribution in [0, 0.1) is 0 Å². The average Bonchev–Trinajstić information content (AvgIpc) is 4.00. The summed E-state index contributed by atoms with van der Waals surface area (Å²) in [7, 11) is -2.92. The summed E-state index contributed by atoms with van der Waals surface area (Å²) in [6, 6.07) is 21.7. The van der Waals surface area contributed by atoms with Crippen molar-refractivity contribution in [1.29, 1.82) is 0 Å². The molecule has 0 unspecified atom stereocenters. The van der Waals surface area contributed by atoms with E-state index in [1.807, 2.05) is 57.7 Å². The van der Waals surface area contributed by atoms with Crippen LogP contribution in [-0.2, 0) is 42.2 Å². The van der Waals surface area contributed by atoms with Gasteiger partial charge in [-0.2, -0.15) is 0 Å². The predicted molar refractivity (Wildman–Crippen MR) is 226 cm³/mol. The van der Waals surface area contributed by atoms with E-state index in [1.54, 1.807) is 29.3 Å². The molecule has 61 heavy (non-hydrogen) atoms. The van der Waals surface area contributed by atoms with Crippen molar-refractivity contribution in [3.05, 3.63) is 125 Å². The SMILES string of the molecule is Cn1ccc2cc(N(C(=O)c3cn(-c4cc5c(cc4C(=O)N4Cc6ccccc6C[C@H]4CN4CCOCC4)OCO5)c4c3CCCC4)c3ccc(OP(=O)(O)O)cc3)cnc21. The first-order valence-corrected chi connectivity index (χ1v) is 22.1. The lowest BCUT2D eigenvalue weighted by atomic mass is 9.92. The molecular weight excluding hydrogens is 800 g/mol. The Morgan fingerprint density at radius 2 is 1.67 bits per heavy atom. The van der Waals surface area contributed by atoms with E-state index in [2.05, 4.69) is 23.1 Å². The predicted octanol–water partition coefficient (Wildman–Crippen LogP) is 6.32. The molecule has 314 valence electrons. The number of carbonyl (C=O) groups excluding carboxylic acids is 2. The Kier molecular flexibility index (Phi) is 10.2. The maximum absolute atomic E-state index is 15.3. The number of anilines is 2. The molecule has 15 nitrogen and oxygen atoms in total. The zero-order valence-corrected chi connectivity index (χ0v) is 34.5. The summed E-state index contributed by atoms with van der Waals surface area (Å²) >= 11 is 0. The summed E-state index contributed by atoms with van der Waals surface area (Å²) < 4.78 is 37.8. The first-order chi connectivity index (χ1) is 29.6. The Labute approximate surface area is 351 Å². The molecule has 1 fully saturated rings. The van der Waals surface area contributed by atoms with E-state index in [1.165, 1.54) is 17.7 Å². The molecule has 2 amide bonds. The lowest BCUT2D eigenvalue weighted by Gasteiger charge is -2.40. The fourth-order valence-corrected chi connectivity index (χ4v) is 9.62. The molecule has 6 heterocycles. The lowest BCUT2D eigenvalue weighted by Crippen LogP contribution is -2.52. The number of fused-ring (bicyclic) bond motifs is 4. The number of pyridine rings is 1. The number of aromatic nitrogens is 3. The van der Waals surface area contributed by atoms with Gasteiger partial charge < -0.3 is 32.8 Å². The number of aryl methyl sites for hydroxylation is 1. The number of benzene rings is 3. The van der Waals surface area contributed by atoms with E-state index < -0.39 is 7.82 Å². The van der Waals surface area contributed by atoms with E-state index in [0.29, 0.717) is 78.8 Å². The van der Waals surface area contributed by atoms with Crippen LogP contribution in [0.15, 0.2) is 91.4 Å². The number of morpholine rings is 1. The van der Waals surface area contributed by atoms with Crippen molar-refractivity contribution in [2.75, 3.05) is 44.5 Å². The quantitative estimate of drug-likeness (QED) is 0.157. The topological polar surface area (TPSA) is 161 Å². The zero-order chi connectivity index (χ0) is 41.8. The van der Waals surface area contributed by atoms with Gasteiger partial charge in [0.05, 0.1) is 41.9 Å². The number of hydrogen-bond donors (Lipinski definition) is 2. The molecule has 0 bridgehead atoms. The molecule has 1 saturated heterocycles. The summed E-state index contributed by atoms with van der Waals surface area (Å²) in [5.41, 5.74) is 7.40.